The summed E-state index contributed by atoms with van der Waals surface area (Å²) in [4.78, 5) is 0. The van der Waals surface area contributed by atoms with E-state index in [0.717, 1.165) is 13.1 Å². The zero-order valence-electron chi connectivity index (χ0n) is 4.28. The molecule has 1 aliphatic heterocycles. The third kappa shape index (κ3) is 0.904. The molecule has 1 aliphatic rings. The minimum atomic E-state index is 1.00. The van der Waals surface area contributed by atoms with Gasteiger partial charge in [-0.1, -0.05) is 18.7 Å². The molecular weight excluding hydrogens is 86.1 g/mol. The van der Waals surface area contributed by atoms with Crippen molar-refractivity contribution >= 4 is 0 Å². The van der Waals surface area contributed by atoms with E-state index in [9.17, 15) is 0 Å². The SMILES string of the molecule is C=CC1=CCNC1. The van der Waals surface area contributed by atoms with Gasteiger partial charge in [0.2, 0.25) is 0 Å². The van der Waals surface area contributed by atoms with Gasteiger partial charge in [-0.3, -0.25) is 0 Å². The third-order valence-corrected chi connectivity index (χ3v) is 1.10. The molecule has 0 atom stereocenters. The fraction of sp³-hybridized carbons (Fsp3) is 0.333. The molecule has 0 aliphatic carbocycles. The van der Waals surface area contributed by atoms with E-state index < -0.39 is 0 Å². The summed E-state index contributed by atoms with van der Waals surface area (Å²) in [5.74, 6) is 0. The molecule has 7 heavy (non-hydrogen) atoms. The van der Waals surface area contributed by atoms with Gasteiger partial charge in [-0.2, -0.15) is 0 Å². The average molecular weight is 95.1 g/mol. The summed E-state index contributed by atoms with van der Waals surface area (Å²) < 4.78 is 0. The van der Waals surface area contributed by atoms with E-state index in [1.165, 1.54) is 5.57 Å². The third-order valence-electron chi connectivity index (χ3n) is 1.10. The molecule has 0 fully saturated rings. The van der Waals surface area contributed by atoms with Crippen molar-refractivity contribution in [1.29, 1.82) is 0 Å². The molecule has 0 saturated heterocycles. The molecule has 1 N–H and O–H groups in total. The van der Waals surface area contributed by atoms with Gasteiger partial charge in [-0.15, -0.1) is 0 Å². The van der Waals surface area contributed by atoms with Crippen LogP contribution in [0.15, 0.2) is 24.3 Å². The van der Waals surface area contributed by atoms with Crippen LogP contribution >= 0.6 is 0 Å². The quantitative estimate of drug-likeness (QED) is 0.505. The van der Waals surface area contributed by atoms with E-state index in [2.05, 4.69) is 18.0 Å². The lowest BCUT2D eigenvalue weighted by Gasteiger charge is -1.85. The van der Waals surface area contributed by atoms with Crippen LogP contribution < -0.4 is 5.32 Å². The summed E-state index contributed by atoms with van der Waals surface area (Å²) in [6, 6.07) is 0. The topological polar surface area (TPSA) is 12.0 Å². The maximum Gasteiger partial charge on any atom is 0.0205 e. The Labute approximate surface area is 43.7 Å². The molecule has 0 amide bonds. The van der Waals surface area contributed by atoms with E-state index in [1.54, 1.807) is 0 Å². The van der Waals surface area contributed by atoms with E-state index in [4.69, 9.17) is 0 Å². The zero-order chi connectivity index (χ0) is 5.11. The Bertz CT molecular complexity index is 103. The molecule has 38 valence electrons. The van der Waals surface area contributed by atoms with E-state index in [1.807, 2.05) is 6.08 Å². The van der Waals surface area contributed by atoms with Gasteiger partial charge in [-0.25, -0.2) is 0 Å². The Balaban J connectivity index is 2.51. The second-order valence-corrected chi connectivity index (χ2v) is 1.61. The van der Waals surface area contributed by atoms with Crippen molar-refractivity contribution in [2.75, 3.05) is 13.1 Å². The van der Waals surface area contributed by atoms with Crippen LogP contribution in [0.5, 0.6) is 0 Å². The molecule has 0 spiro atoms. The van der Waals surface area contributed by atoms with Gasteiger partial charge in [0.1, 0.15) is 0 Å². The van der Waals surface area contributed by atoms with Gasteiger partial charge < -0.3 is 5.32 Å². The van der Waals surface area contributed by atoms with Crippen molar-refractivity contribution in [3.8, 4) is 0 Å². The number of hydrogen-bond donors (Lipinski definition) is 1. The highest BCUT2D eigenvalue weighted by Gasteiger charge is 1.95. The highest BCUT2D eigenvalue weighted by atomic mass is 14.9. The van der Waals surface area contributed by atoms with Gasteiger partial charge >= 0.3 is 0 Å². The lowest BCUT2D eigenvalue weighted by atomic mass is 10.3. The molecule has 0 saturated carbocycles. The monoisotopic (exact) mass is 95.1 g/mol. The average Bonchev–Trinajstić information content (AvgIpc) is 2.14. The van der Waals surface area contributed by atoms with Gasteiger partial charge in [0, 0.05) is 13.1 Å². The molecule has 0 radical (unpaired) electrons. The maximum atomic E-state index is 3.63. The first-order valence-electron chi connectivity index (χ1n) is 2.45. The van der Waals surface area contributed by atoms with E-state index in [-0.39, 0.29) is 0 Å². The predicted molar refractivity (Wildman–Crippen MR) is 31.1 cm³/mol. The lowest BCUT2D eigenvalue weighted by molar-refractivity contribution is 0.882. The van der Waals surface area contributed by atoms with Crippen LogP contribution in [0, 0.1) is 0 Å². The fourth-order valence-corrected chi connectivity index (χ4v) is 0.647. The number of nitrogens with one attached hydrogen (secondary N) is 1. The van der Waals surface area contributed by atoms with E-state index >= 15 is 0 Å². The second-order valence-electron chi connectivity index (χ2n) is 1.61. The summed E-state index contributed by atoms with van der Waals surface area (Å²) in [7, 11) is 0. The van der Waals surface area contributed by atoms with Crippen molar-refractivity contribution < 1.29 is 0 Å². The summed E-state index contributed by atoms with van der Waals surface area (Å²) >= 11 is 0. The summed E-state index contributed by atoms with van der Waals surface area (Å²) in [5.41, 5.74) is 1.32. The van der Waals surface area contributed by atoms with Crippen molar-refractivity contribution in [2.45, 2.75) is 0 Å². The number of hydrogen-bond acceptors (Lipinski definition) is 1. The van der Waals surface area contributed by atoms with E-state index in [0.29, 0.717) is 0 Å². The smallest absolute Gasteiger partial charge is 0.0205 e. The van der Waals surface area contributed by atoms with Crippen LogP contribution in [0.1, 0.15) is 0 Å². The Morgan fingerprint density at radius 1 is 1.86 bits per heavy atom. The first-order valence-corrected chi connectivity index (χ1v) is 2.45. The fourth-order valence-electron chi connectivity index (χ4n) is 0.647. The van der Waals surface area contributed by atoms with Crippen molar-refractivity contribution in [1.82, 2.24) is 5.32 Å². The van der Waals surface area contributed by atoms with Crippen LogP contribution in [-0.4, -0.2) is 13.1 Å². The minimum absolute atomic E-state index is 1.00. The minimum Gasteiger partial charge on any atom is -0.309 e. The van der Waals surface area contributed by atoms with Gasteiger partial charge in [0.15, 0.2) is 0 Å². The van der Waals surface area contributed by atoms with Gasteiger partial charge in [0.25, 0.3) is 0 Å². The molecule has 1 rings (SSSR count). The van der Waals surface area contributed by atoms with Crippen molar-refractivity contribution in [3.05, 3.63) is 24.3 Å². The first kappa shape index (κ1) is 4.60. The Morgan fingerprint density at radius 3 is 3.00 bits per heavy atom. The first-order chi connectivity index (χ1) is 3.43. The van der Waals surface area contributed by atoms with Gasteiger partial charge in [-0.05, 0) is 5.57 Å². The number of rotatable bonds is 1. The molecule has 0 aromatic rings. The summed E-state index contributed by atoms with van der Waals surface area (Å²) in [6.45, 7) is 5.65. The summed E-state index contributed by atoms with van der Waals surface area (Å²) in [6.07, 6.45) is 4.03. The van der Waals surface area contributed by atoms with Crippen LogP contribution in [0.25, 0.3) is 0 Å². The van der Waals surface area contributed by atoms with Crippen LogP contribution in [-0.2, 0) is 0 Å². The Morgan fingerprint density at radius 2 is 2.71 bits per heavy atom. The van der Waals surface area contributed by atoms with Crippen LogP contribution in [0.3, 0.4) is 0 Å². The predicted octanol–water partition coefficient (Wildman–Crippen LogP) is 0.702. The highest BCUT2D eigenvalue weighted by molar-refractivity contribution is 5.21. The molecular formula is C6H9N. The summed E-state index contributed by atoms with van der Waals surface area (Å²) in [5, 5.41) is 3.16. The van der Waals surface area contributed by atoms with Gasteiger partial charge in [0.05, 0.1) is 0 Å². The standard InChI is InChI=1S/C6H9N/c1-2-6-3-4-7-5-6/h2-3,7H,1,4-5H2. The second kappa shape index (κ2) is 1.94. The highest BCUT2D eigenvalue weighted by Crippen LogP contribution is 1.96. The zero-order valence-corrected chi connectivity index (χ0v) is 4.28. The maximum absolute atomic E-state index is 3.63. The molecule has 0 bridgehead atoms. The Kier molecular flexibility index (Phi) is 1.27. The molecule has 1 heteroatoms. The largest absolute Gasteiger partial charge is 0.309 e. The molecule has 1 heterocycles. The molecule has 0 aromatic carbocycles. The van der Waals surface area contributed by atoms with Crippen LogP contribution in [0.4, 0.5) is 0 Å². The van der Waals surface area contributed by atoms with Crippen LogP contribution in [0.2, 0.25) is 0 Å². The van der Waals surface area contributed by atoms with Crippen molar-refractivity contribution in [3.63, 3.8) is 0 Å². The Hall–Kier alpha value is -0.560. The molecule has 1 nitrogen and oxygen atoms in total. The lowest BCUT2D eigenvalue weighted by Crippen LogP contribution is -2.06. The normalized spacial score (nSPS) is 19.1. The molecule has 0 aromatic heterocycles. The van der Waals surface area contributed by atoms with Crippen molar-refractivity contribution in [2.24, 2.45) is 0 Å². The molecule has 0 unspecified atom stereocenters.